The van der Waals surface area contributed by atoms with Crippen molar-refractivity contribution in [1.82, 2.24) is 4.98 Å². The van der Waals surface area contributed by atoms with E-state index < -0.39 is 6.36 Å². The Labute approximate surface area is 126 Å². The van der Waals surface area contributed by atoms with Gasteiger partial charge in [0.05, 0.1) is 15.9 Å². The van der Waals surface area contributed by atoms with Gasteiger partial charge in [0.2, 0.25) is 5.88 Å². The van der Waals surface area contributed by atoms with Crippen molar-refractivity contribution >= 4 is 21.6 Å². The standard InChI is InChI=1S/C13H10BrF3N2O2/c1-7-10(18)3-5-12(19-7)20-8-2-4-11(9(14)6-8)21-13(15,16)17/h2-6H,18H2,1H3. The number of aryl methyl sites for hydroxylation is 1. The van der Waals surface area contributed by atoms with Crippen LogP contribution in [0.5, 0.6) is 17.4 Å². The van der Waals surface area contributed by atoms with E-state index in [4.69, 9.17) is 10.5 Å². The highest BCUT2D eigenvalue weighted by molar-refractivity contribution is 9.10. The lowest BCUT2D eigenvalue weighted by Crippen LogP contribution is -2.17. The Morgan fingerprint density at radius 1 is 1.19 bits per heavy atom. The number of hydrogen-bond donors (Lipinski definition) is 1. The van der Waals surface area contributed by atoms with E-state index in [1.807, 2.05) is 0 Å². The highest BCUT2D eigenvalue weighted by Gasteiger charge is 2.32. The fourth-order valence-corrected chi connectivity index (χ4v) is 1.92. The second-order valence-corrected chi connectivity index (χ2v) is 4.92. The third-order valence-electron chi connectivity index (χ3n) is 2.45. The third kappa shape index (κ3) is 4.25. The lowest BCUT2D eigenvalue weighted by molar-refractivity contribution is -0.274. The molecule has 1 aromatic heterocycles. The van der Waals surface area contributed by atoms with E-state index in [9.17, 15) is 13.2 Å². The van der Waals surface area contributed by atoms with Crippen molar-refractivity contribution in [2.45, 2.75) is 13.3 Å². The first kappa shape index (κ1) is 15.4. The molecule has 0 radical (unpaired) electrons. The number of ether oxygens (including phenoxy) is 2. The maximum Gasteiger partial charge on any atom is 0.573 e. The van der Waals surface area contributed by atoms with Gasteiger partial charge in [0.1, 0.15) is 11.5 Å². The van der Waals surface area contributed by atoms with E-state index in [1.54, 1.807) is 19.1 Å². The zero-order valence-corrected chi connectivity index (χ0v) is 12.3. The van der Waals surface area contributed by atoms with Crippen LogP contribution < -0.4 is 15.2 Å². The Hall–Kier alpha value is -1.96. The second kappa shape index (κ2) is 5.80. The van der Waals surface area contributed by atoms with Gasteiger partial charge in [-0.3, -0.25) is 0 Å². The van der Waals surface area contributed by atoms with Crippen molar-refractivity contribution in [3.63, 3.8) is 0 Å². The highest BCUT2D eigenvalue weighted by Crippen LogP contribution is 2.34. The average Bonchev–Trinajstić information content (AvgIpc) is 2.36. The van der Waals surface area contributed by atoms with Gasteiger partial charge in [0.25, 0.3) is 0 Å². The molecule has 0 saturated carbocycles. The van der Waals surface area contributed by atoms with Gasteiger partial charge in [-0.1, -0.05) is 0 Å². The first-order valence-electron chi connectivity index (χ1n) is 5.71. The molecule has 1 aromatic carbocycles. The molecule has 0 spiro atoms. The van der Waals surface area contributed by atoms with Crippen LogP contribution in [0, 0.1) is 6.92 Å². The van der Waals surface area contributed by atoms with Gasteiger partial charge < -0.3 is 15.2 Å². The Balaban J connectivity index is 2.18. The summed E-state index contributed by atoms with van der Waals surface area (Å²) in [6, 6.07) is 7.05. The molecular formula is C13H10BrF3N2O2. The second-order valence-electron chi connectivity index (χ2n) is 4.07. The van der Waals surface area contributed by atoms with E-state index in [2.05, 4.69) is 25.7 Å². The molecule has 112 valence electrons. The molecule has 0 fully saturated rings. The van der Waals surface area contributed by atoms with E-state index in [0.29, 0.717) is 17.1 Å². The maximum atomic E-state index is 12.2. The van der Waals surface area contributed by atoms with E-state index in [0.717, 1.165) is 6.07 Å². The highest BCUT2D eigenvalue weighted by atomic mass is 79.9. The molecule has 0 aliphatic rings. The molecule has 0 aliphatic heterocycles. The van der Waals surface area contributed by atoms with Gasteiger partial charge in [-0.2, -0.15) is 0 Å². The van der Waals surface area contributed by atoms with Crippen LogP contribution in [0.25, 0.3) is 0 Å². The van der Waals surface area contributed by atoms with Gasteiger partial charge in [0.15, 0.2) is 0 Å². The maximum absolute atomic E-state index is 12.2. The zero-order valence-electron chi connectivity index (χ0n) is 10.7. The summed E-state index contributed by atoms with van der Waals surface area (Å²) in [5.41, 5.74) is 6.76. The van der Waals surface area contributed by atoms with Crippen LogP contribution >= 0.6 is 15.9 Å². The number of nitrogens with zero attached hydrogens (tertiary/aromatic N) is 1. The number of alkyl halides is 3. The smallest absolute Gasteiger partial charge is 0.439 e. The Morgan fingerprint density at radius 3 is 2.48 bits per heavy atom. The Morgan fingerprint density at radius 2 is 1.90 bits per heavy atom. The first-order chi connectivity index (χ1) is 9.74. The van der Waals surface area contributed by atoms with E-state index >= 15 is 0 Å². The van der Waals surface area contributed by atoms with Gasteiger partial charge >= 0.3 is 6.36 Å². The molecule has 0 atom stereocenters. The summed E-state index contributed by atoms with van der Waals surface area (Å²) in [6.45, 7) is 1.72. The number of anilines is 1. The quantitative estimate of drug-likeness (QED) is 0.877. The van der Waals surface area contributed by atoms with Crippen LogP contribution in [0.2, 0.25) is 0 Å². The van der Waals surface area contributed by atoms with Crippen molar-refractivity contribution in [2.75, 3.05) is 5.73 Å². The summed E-state index contributed by atoms with van der Waals surface area (Å²) < 4.78 is 45.9. The molecule has 0 saturated heterocycles. The zero-order chi connectivity index (χ0) is 15.6. The number of nitrogens with two attached hydrogens (primary N) is 1. The molecule has 0 bridgehead atoms. The fraction of sp³-hybridized carbons (Fsp3) is 0.154. The van der Waals surface area contributed by atoms with Gasteiger partial charge in [-0.15, -0.1) is 13.2 Å². The molecular weight excluding hydrogens is 353 g/mol. The normalized spacial score (nSPS) is 11.3. The molecule has 0 unspecified atom stereocenters. The minimum absolute atomic E-state index is 0.115. The number of nitrogen functional groups attached to an aromatic ring is 1. The number of rotatable bonds is 3. The molecule has 0 aliphatic carbocycles. The van der Waals surface area contributed by atoms with Gasteiger partial charge in [0, 0.05) is 6.07 Å². The Bertz CT molecular complexity index is 662. The predicted octanol–water partition coefficient (Wildman–Crippen LogP) is 4.43. The molecule has 1 heterocycles. The van der Waals surface area contributed by atoms with Crippen LogP contribution in [-0.4, -0.2) is 11.3 Å². The van der Waals surface area contributed by atoms with Crippen molar-refractivity contribution < 1.29 is 22.6 Å². The summed E-state index contributed by atoms with van der Waals surface area (Å²) in [5, 5.41) is 0. The molecule has 2 aromatic rings. The summed E-state index contributed by atoms with van der Waals surface area (Å²) in [5.74, 6) is 0.252. The van der Waals surface area contributed by atoms with Crippen LogP contribution in [0.4, 0.5) is 18.9 Å². The molecule has 0 amide bonds. The topological polar surface area (TPSA) is 57.4 Å². The summed E-state index contributed by atoms with van der Waals surface area (Å²) in [7, 11) is 0. The monoisotopic (exact) mass is 362 g/mol. The number of hydrogen-bond acceptors (Lipinski definition) is 4. The van der Waals surface area contributed by atoms with Crippen LogP contribution in [-0.2, 0) is 0 Å². The first-order valence-corrected chi connectivity index (χ1v) is 6.50. The van der Waals surface area contributed by atoms with Crippen molar-refractivity contribution in [1.29, 1.82) is 0 Å². The summed E-state index contributed by atoms with van der Waals surface area (Å²) in [6.07, 6.45) is -4.75. The predicted molar refractivity (Wildman–Crippen MR) is 74.3 cm³/mol. The lowest BCUT2D eigenvalue weighted by atomic mass is 10.3. The largest absolute Gasteiger partial charge is 0.573 e. The SMILES string of the molecule is Cc1nc(Oc2ccc(OC(F)(F)F)c(Br)c2)ccc1N. The number of pyridine rings is 1. The lowest BCUT2D eigenvalue weighted by Gasteiger charge is -2.12. The number of aromatic nitrogens is 1. The van der Waals surface area contributed by atoms with Crippen molar-refractivity contribution in [2.24, 2.45) is 0 Å². The van der Waals surface area contributed by atoms with E-state index in [1.165, 1.54) is 12.1 Å². The summed E-state index contributed by atoms with van der Waals surface area (Å²) in [4.78, 5) is 4.11. The van der Waals surface area contributed by atoms with Crippen LogP contribution in [0.15, 0.2) is 34.8 Å². The minimum Gasteiger partial charge on any atom is -0.439 e. The van der Waals surface area contributed by atoms with E-state index in [-0.39, 0.29) is 16.1 Å². The average molecular weight is 363 g/mol. The van der Waals surface area contributed by atoms with Crippen LogP contribution in [0.1, 0.15) is 5.69 Å². The minimum atomic E-state index is -4.75. The number of benzene rings is 1. The van der Waals surface area contributed by atoms with Crippen molar-refractivity contribution in [3.8, 4) is 17.4 Å². The molecule has 2 N–H and O–H groups in total. The number of halogens is 4. The third-order valence-corrected chi connectivity index (χ3v) is 3.07. The van der Waals surface area contributed by atoms with Crippen LogP contribution in [0.3, 0.4) is 0 Å². The molecule has 8 heteroatoms. The van der Waals surface area contributed by atoms with Crippen molar-refractivity contribution in [3.05, 3.63) is 40.5 Å². The fourth-order valence-electron chi connectivity index (χ4n) is 1.48. The summed E-state index contributed by atoms with van der Waals surface area (Å²) >= 11 is 2.99. The molecule has 4 nitrogen and oxygen atoms in total. The Kier molecular flexibility index (Phi) is 4.26. The molecule has 21 heavy (non-hydrogen) atoms. The van der Waals surface area contributed by atoms with Gasteiger partial charge in [-0.25, -0.2) is 4.98 Å². The van der Waals surface area contributed by atoms with Gasteiger partial charge in [-0.05, 0) is 47.1 Å². The molecule has 2 rings (SSSR count).